The van der Waals surface area contributed by atoms with Crippen LogP contribution in [0.5, 0.6) is 0 Å². The van der Waals surface area contributed by atoms with Gasteiger partial charge in [0.05, 0.1) is 40.3 Å². The number of ether oxygens (including phenoxy) is 3. The van der Waals surface area contributed by atoms with Gasteiger partial charge in [-0.15, -0.1) is 0 Å². The van der Waals surface area contributed by atoms with Gasteiger partial charge in [-0.05, 0) is 64.2 Å². The van der Waals surface area contributed by atoms with Gasteiger partial charge in [0, 0.05) is 19.3 Å². The molecule has 0 radical (unpaired) electrons. The lowest BCUT2D eigenvalue weighted by molar-refractivity contribution is -0.889. The molecule has 0 saturated carbocycles. The molecule has 0 fully saturated rings. The van der Waals surface area contributed by atoms with Crippen LogP contribution >= 0.6 is 0 Å². The van der Waals surface area contributed by atoms with E-state index in [0.717, 1.165) is 77.0 Å². The third-order valence-corrected chi connectivity index (χ3v) is 9.48. The van der Waals surface area contributed by atoms with Gasteiger partial charge in [0.15, 0.2) is 6.10 Å². The van der Waals surface area contributed by atoms with Crippen LogP contribution < -0.4 is 5.11 Å². The van der Waals surface area contributed by atoms with Crippen LogP contribution in [0.15, 0.2) is 48.6 Å². The Bertz CT molecular complexity index is 1030. The Morgan fingerprint density at radius 1 is 0.593 bits per heavy atom. The summed E-state index contributed by atoms with van der Waals surface area (Å²) in [6, 6.07) is -0.731. The zero-order valence-electron chi connectivity index (χ0n) is 35.4. The Kier molecular flexibility index (Phi) is 35.4. The van der Waals surface area contributed by atoms with Crippen molar-refractivity contribution in [1.82, 2.24) is 0 Å². The molecule has 0 amide bonds. The number of carboxylic acid groups (broad SMARTS) is 1. The number of allylic oxidation sites excluding steroid dienone is 8. The van der Waals surface area contributed by atoms with E-state index in [1.54, 1.807) is 21.1 Å². The molecule has 8 nitrogen and oxygen atoms in total. The van der Waals surface area contributed by atoms with Crippen LogP contribution in [0.1, 0.15) is 174 Å². The molecular formula is C46H81NO7. The lowest BCUT2D eigenvalue weighted by Crippen LogP contribution is -2.55. The second-order valence-corrected chi connectivity index (χ2v) is 15.6. The minimum absolute atomic E-state index is 0.0282. The van der Waals surface area contributed by atoms with Crippen molar-refractivity contribution in [3.05, 3.63) is 48.6 Å². The van der Waals surface area contributed by atoms with Crippen LogP contribution in [-0.2, 0) is 28.6 Å². The maximum atomic E-state index is 12.7. The first-order valence-electron chi connectivity index (χ1n) is 21.7. The van der Waals surface area contributed by atoms with Crippen molar-refractivity contribution in [3.63, 3.8) is 0 Å². The van der Waals surface area contributed by atoms with Crippen molar-refractivity contribution in [2.24, 2.45) is 0 Å². The average Bonchev–Trinajstić information content (AvgIpc) is 3.12. The molecular weight excluding hydrogens is 679 g/mol. The van der Waals surface area contributed by atoms with E-state index in [9.17, 15) is 19.5 Å². The lowest BCUT2D eigenvalue weighted by Gasteiger charge is -2.34. The molecule has 2 atom stereocenters. The van der Waals surface area contributed by atoms with E-state index in [4.69, 9.17) is 14.2 Å². The van der Waals surface area contributed by atoms with Crippen molar-refractivity contribution >= 4 is 17.9 Å². The van der Waals surface area contributed by atoms with Crippen LogP contribution in [0.4, 0.5) is 0 Å². The molecule has 0 aliphatic heterocycles. The van der Waals surface area contributed by atoms with E-state index >= 15 is 0 Å². The molecule has 0 heterocycles. The summed E-state index contributed by atoms with van der Waals surface area (Å²) in [5.41, 5.74) is 0. The third-order valence-electron chi connectivity index (χ3n) is 9.48. The first-order chi connectivity index (χ1) is 26.1. The van der Waals surface area contributed by atoms with Crippen LogP contribution in [0.3, 0.4) is 0 Å². The highest BCUT2D eigenvalue weighted by Crippen LogP contribution is 2.13. The van der Waals surface area contributed by atoms with Crippen molar-refractivity contribution in [2.45, 2.75) is 187 Å². The number of carbonyl (C=O) groups is 3. The molecule has 8 heteroatoms. The average molecular weight is 760 g/mol. The zero-order chi connectivity index (χ0) is 40.0. The van der Waals surface area contributed by atoms with Gasteiger partial charge < -0.3 is 28.6 Å². The summed E-state index contributed by atoms with van der Waals surface area (Å²) in [4.78, 5) is 36.8. The number of likely N-dealkylation sites (N-methyl/N-ethyl adjacent to an activating group) is 1. The van der Waals surface area contributed by atoms with Gasteiger partial charge in [-0.25, -0.2) is 0 Å². The Hall–Kier alpha value is -2.71. The van der Waals surface area contributed by atoms with Crippen LogP contribution in [0.25, 0.3) is 0 Å². The number of hydrogen-bond acceptors (Lipinski definition) is 7. The van der Waals surface area contributed by atoms with E-state index in [1.807, 2.05) is 0 Å². The smallest absolute Gasteiger partial charge is 0.306 e. The quantitative estimate of drug-likeness (QED) is 0.0203. The van der Waals surface area contributed by atoms with E-state index < -0.39 is 18.1 Å². The summed E-state index contributed by atoms with van der Waals surface area (Å²) in [6.07, 6.45) is 42.8. The van der Waals surface area contributed by atoms with Crippen molar-refractivity contribution < 1.29 is 38.2 Å². The Morgan fingerprint density at radius 3 is 1.65 bits per heavy atom. The molecule has 0 saturated heterocycles. The van der Waals surface area contributed by atoms with Gasteiger partial charge in [0.25, 0.3) is 0 Å². The lowest BCUT2D eigenvalue weighted by atomic mass is 10.1. The highest BCUT2D eigenvalue weighted by Gasteiger charge is 2.25. The highest BCUT2D eigenvalue weighted by atomic mass is 16.6. The predicted molar refractivity (Wildman–Crippen MR) is 222 cm³/mol. The number of aliphatic carboxylic acids is 1. The normalized spacial score (nSPS) is 13.4. The monoisotopic (exact) mass is 760 g/mol. The predicted octanol–water partition coefficient (Wildman–Crippen LogP) is 10.3. The molecule has 0 spiro atoms. The first-order valence-corrected chi connectivity index (χ1v) is 21.7. The molecule has 54 heavy (non-hydrogen) atoms. The van der Waals surface area contributed by atoms with Gasteiger partial charge in [-0.1, -0.05) is 140 Å². The second-order valence-electron chi connectivity index (χ2n) is 15.6. The summed E-state index contributed by atoms with van der Waals surface area (Å²) in [7, 11) is 5.39. The topological polar surface area (TPSA) is 102 Å². The summed E-state index contributed by atoms with van der Waals surface area (Å²) in [6.45, 7) is 4.51. The molecule has 0 aromatic rings. The Labute approximate surface area is 331 Å². The van der Waals surface area contributed by atoms with Crippen molar-refractivity contribution in [1.29, 1.82) is 0 Å². The van der Waals surface area contributed by atoms with Crippen LogP contribution in [0.2, 0.25) is 0 Å². The molecule has 0 aromatic heterocycles. The number of carboxylic acids is 1. The Morgan fingerprint density at radius 2 is 1.09 bits per heavy atom. The molecule has 0 aliphatic carbocycles. The molecule has 0 rings (SSSR count). The van der Waals surface area contributed by atoms with Gasteiger partial charge in [-0.2, -0.15) is 0 Å². The van der Waals surface area contributed by atoms with Gasteiger partial charge in [-0.3, -0.25) is 9.59 Å². The van der Waals surface area contributed by atoms with Crippen LogP contribution in [0, 0.1) is 0 Å². The Balaban J connectivity index is 4.41. The minimum atomic E-state index is -1.13. The first kappa shape index (κ1) is 51.3. The molecule has 0 N–H and O–H groups in total. The number of rotatable bonds is 38. The summed E-state index contributed by atoms with van der Waals surface area (Å²) in [5.74, 6) is -1.78. The van der Waals surface area contributed by atoms with Crippen molar-refractivity contribution in [2.75, 3.05) is 41.0 Å². The SMILES string of the molecule is CC/C=C/C/C=C/CCCCCCCCCC(=O)OC(COCCC(C(=O)[O-])[N+](C)(C)C)COC(=O)CCCCC/C=C/C=C/CCCCCCCCC. The second kappa shape index (κ2) is 37.2. The number of nitrogens with zero attached hydrogens (tertiary/aromatic N) is 1. The summed E-state index contributed by atoms with van der Waals surface area (Å²) >= 11 is 0. The number of hydrogen-bond donors (Lipinski definition) is 0. The molecule has 0 bridgehead atoms. The van der Waals surface area contributed by atoms with Gasteiger partial charge in [0.1, 0.15) is 12.6 Å². The minimum Gasteiger partial charge on any atom is -0.544 e. The summed E-state index contributed by atoms with van der Waals surface area (Å²) < 4.78 is 17.1. The maximum absolute atomic E-state index is 12.7. The fourth-order valence-electron chi connectivity index (χ4n) is 6.10. The summed E-state index contributed by atoms with van der Waals surface area (Å²) in [5, 5.41) is 11.6. The van der Waals surface area contributed by atoms with E-state index in [-0.39, 0.29) is 42.7 Å². The third kappa shape index (κ3) is 35.0. The number of carbonyl (C=O) groups excluding carboxylic acids is 3. The maximum Gasteiger partial charge on any atom is 0.306 e. The van der Waals surface area contributed by atoms with E-state index in [2.05, 4.69) is 62.5 Å². The highest BCUT2D eigenvalue weighted by molar-refractivity contribution is 5.70. The number of unbranched alkanes of at least 4 members (excludes halogenated alkanes) is 17. The van der Waals surface area contributed by atoms with Crippen LogP contribution in [-0.4, -0.2) is 75.5 Å². The molecule has 0 aromatic carbocycles. The fourth-order valence-corrected chi connectivity index (χ4v) is 6.10. The van der Waals surface area contributed by atoms with E-state index in [0.29, 0.717) is 12.8 Å². The van der Waals surface area contributed by atoms with Gasteiger partial charge in [0.2, 0.25) is 0 Å². The van der Waals surface area contributed by atoms with E-state index in [1.165, 1.54) is 64.2 Å². The standard InChI is InChI=1S/C46H81NO7/c1-6-8-10-12-14-16-18-20-22-23-25-26-28-30-32-34-36-44(48)53-41-42(40-52-39-38-43(46(50)51)47(3,4)5)54-45(49)37-35-33-31-29-27-24-21-19-17-15-13-11-9-7-2/h9,11,15,17,22-23,25-26,42-43H,6-8,10,12-14,16,18-21,24,27-41H2,1-5H3/b11-9+,17-15+,23-22+,26-25+. The molecule has 0 aliphatic rings. The number of esters is 2. The van der Waals surface area contributed by atoms with Gasteiger partial charge >= 0.3 is 11.9 Å². The molecule has 312 valence electrons. The van der Waals surface area contributed by atoms with Crippen molar-refractivity contribution in [3.8, 4) is 0 Å². The molecule has 2 unspecified atom stereocenters. The number of quaternary nitrogens is 1. The zero-order valence-corrected chi connectivity index (χ0v) is 35.4. The fraction of sp³-hybridized carbons (Fsp3) is 0.761. The largest absolute Gasteiger partial charge is 0.544 e.